The van der Waals surface area contributed by atoms with Crippen molar-refractivity contribution in [1.29, 1.82) is 0 Å². The molecule has 35 heavy (non-hydrogen) atoms. The van der Waals surface area contributed by atoms with E-state index in [-0.39, 0.29) is 29.2 Å². The molecular formula is C26H27N5O3S. The summed E-state index contributed by atoms with van der Waals surface area (Å²) in [5.74, 6) is 0.252. The monoisotopic (exact) mass is 489 g/mol. The quantitative estimate of drug-likeness (QED) is 0.453. The molecule has 2 aliphatic rings. The molecule has 1 aliphatic heterocycles. The van der Waals surface area contributed by atoms with Gasteiger partial charge in [0.05, 0.1) is 27.2 Å². The fourth-order valence-corrected chi connectivity index (χ4v) is 6.15. The fourth-order valence-electron chi connectivity index (χ4n) is 5.04. The molecule has 1 unspecified atom stereocenters. The third kappa shape index (κ3) is 3.87. The lowest BCUT2D eigenvalue weighted by Gasteiger charge is -2.24. The molecule has 0 spiro atoms. The van der Waals surface area contributed by atoms with Gasteiger partial charge in [-0.1, -0.05) is 26.0 Å². The van der Waals surface area contributed by atoms with Gasteiger partial charge in [-0.05, 0) is 49.8 Å². The van der Waals surface area contributed by atoms with E-state index in [1.54, 1.807) is 17.4 Å². The van der Waals surface area contributed by atoms with Crippen LogP contribution in [0.15, 0.2) is 39.9 Å². The molecule has 1 atom stereocenters. The Labute approximate surface area is 205 Å². The number of aromatic amines is 1. The molecular weight excluding hydrogens is 462 g/mol. The number of carbonyl (C=O) groups is 1. The normalized spacial score (nSPS) is 18.3. The predicted octanol–water partition coefficient (Wildman–Crippen LogP) is 4.21. The van der Waals surface area contributed by atoms with Gasteiger partial charge >= 0.3 is 5.69 Å². The van der Waals surface area contributed by atoms with Crippen molar-refractivity contribution in [2.24, 2.45) is 5.92 Å². The van der Waals surface area contributed by atoms with E-state index >= 15 is 0 Å². The largest absolute Gasteiger partial charge is 0.330 e. The van der Waals surface area contributed by atoms with Crippen molar-refractivity contribution in [3.63, 3.8) is 0 Å². The Morgan fingerprint density at radius 3 is 2.71 bits per heavy atom. The summed E-state index contributed by atoms with van der Waals surface area (Å²) in [6.07, 6.45) is 3.71. The summed E-state index contributed by atoms with van der Waals surface area (Å²) in [4.78, 5) is 53.7. The van der Waals surface area contributed by atoms with Crippen molar-refractivity contribution in [2.75, 3.05) is 6.54 Å². The highest BCUT2D eigenvalue weighted by Crippen LogP contribution is 2.41. The van der Waals surface area contributed by atoms with E-state index < -0.39 is 11.2 Å². The Hall–Kier alpha value is -3.33. The molecule has 8 nitrogen and oxygen atoms in total. The van der Waals surface area contributed by atoms with Gasteiger partial charge in [0.2, 0.25) is 0 Å². The van der Waals surface area contributed by atoms with Crippen molar-refractivity contribution < 1.29 is 4.79 Å². The first-order chi connectivity index (χ1) is 16.9. The molecule has 4 aromatic rings. The average Bonchev–Trinajstić information content (AvgIpc) is 3.41. The van der Waals surface area contributed by atoms with Gasteiger partial charge in [-0.3, -0.25) is 19.1 Å². The van der Waals surface area contributed by atoms with Gasteiger partial charge in [0.1, 0.15) is 5.01 Å². The minimum atomic E-state index is -0.557. The first-order valence-electron chi connectivity index (χ1n) is 12.2. The smallest absolute Gasteiger partial charge is 0.329 e. The highest BCUT2D eigenvalue weighted by molar-refractivity contribution is 7.18. The molecule has 0 bridgehead atoms. The van der Waals surface area contributed by atoms with Crippen molar-refractivity contribution in [2.45, 2.75) is 58.0 Å². The second-order valence-electron chi connectivity index (χ2n) is 10.0. The van der Waals surface area contributed by atoms with Crippen LogP contribution in [0.1, 0.15) is 72.6 Å². The van der Waals surface area contributed by atoms with Crippen molar-refractivity contribution in [3.05, 3.63) is 67.4 Å². The van der Waals surface area contributed by atoms with Crippen LogP contribution in [0.4, 0.5) is 0 Å². The summed E-state index contributed by atoms with van der Waals surface area (Å²) in [7, 11) is 0. The van der Waals surface area contributed by atoms with Crippen LogP contribution in [0.25, 0.3) is 21.3 Å². The Balaban J connectivity index is 1.49. The van der Waals surface area contributed by atoms with Crippen LogP contribution in [-0.4, -0.2) is 36.9 Å². The Morgan fingerprint density at radius 2 is 1.97 bits per heavy atom. The number of fused-ring (bicyclic) bond motifs is 2. The molecule has 1 aliphatic carbocycles. The number of amides is 1. The third-order valence-corrected chi connectivity index (χ3v) is 7.99. The maximum atomic E-state index is 14.1. The minimum absolute atomic E-state index is 0.131. The number of thiazole rings is 1. The number of pyridine rings is 1. The molecule has 1 amide bonds. The molecule has 9 heteroatoms. The molecule has 180 valence electrons. The summed E-state index contributed by atoms with van der Waals surface area (Å²) in [6, 6.07) is 9.65. The number of nitrogens with zero attached hydrogens (tertiary/aromatic N) is 4. The molecule has 1 N–H and O–H groups in total. The lowest BCUT2D eigenvalue weighted by molar-refractivity contribution is 0.0737. The molecule has 2 fully saturated rings. The van der Waals surface area contributed by atoms with Gasteiger partial charge in [0, 0.05) is 24.7 Å². The van der Waals surface area contributed by atoms with Gasteiger partial charge in [-0.15, -0.1) is 11.3 Å². The molecule has 1 aromatic carbocycles. The van der Waals surface area contributed by atoms with Crippen LogP contribution in [0.2, 0.25) is 0 Å². The van der Waals surface area contributed by atoms with E-state index in [0.717, 1.165) is 46.6 Å². The van der Waals surface area contributed by atoms with Gasteiger partial charge in [-0.25, -0.2) is 14.8 Å². The number of likely N-dealkylation sites (tertiary alicyclic amines) is 1. The topological polar surface area (TPSA) is 101 Å². The van der Waals surface area contributed by atoms with E-state index in [4.69, 9.17) is 9.97 Å². The van der Waals surface area contributed by atoms with Crippen molar-refractivity contribution in [3.8, 4) is 0 Å². The van der Waals surface area contributed by atoms with Crippen LogP contribution in [-0.2, 0) is 6.54 Å². The zero-order valence-corrected chi connectivity index (χ0v) is 20.6. The van der Waals surface area contributed by atoms with Crippen molar-refractivity contribution in [1.82, 2.24) is 24.4 Å². The summed E-state index contributed by atoms with van der Waals surface area (Å²) >= 11 is 1.62. The molecule has 3 aromatic heterocycles. The lowest BCUT2D eigenvalue weighted by atomic mass is 10.1. The SMILES string of the molecule is CC(C)Cn1c(=O)[nH]c(=O)c2c(C(=O)N3CCCC3c3nc4ccccc4s3)cc(C3CC3)nc21. The zero-order valence-electron chi connectivity index (χ0n) is 19.8. The maximum Gasteiger partial charge on any atom is 0.330 e. The maximum absolute atomic E-state index is 14.1. The van der Waals surface area contributed by atoms with E-state index in [1.807, 2.05) is 43.0 Å². The number of rotatable bonds is 5. The summed E-state index contributed by atoms with van der Waals surface area (Å²) in [5.41, 5.74) is 1.34. The highest BCUT2D eigenvalue weighted by atomic mass is 32.1. The number of H-pyrrole nitrogens is 1. The molecule has 4 heterocycles. The molecule has 1 saturated carbocycles. The van der Waals surface area contributed by atoms with E-state index in [9.17, 15) is 14.4 Å². The van der Waals surface area contributed by atoms with Crippen LogP contribution < -0.4 is 11.2 Å². The van der Waals surface area contributed by atoms with Crippen molar-refractivity contribution >= 4 is 38.5 Å². The zero-order chi connectivity index (χ0) is 24.3. The van der Waals surface area contributed by atoms with Gasteiger partial charge in [0.15, 0.2) is 5.65 Å². The van der Waals surface area contributed by atoms with Crippen LogP contribution in [0, 0.1) is 5.92 Å². The fraction of sp³-hybridized carbons (Fsp3) is 0.423. The number of hydrogen-bond donors (Lipinski definition) is 1. The van der Waals surface area contributed by atoms with Crippen LogP contribution in [0.5, 0.6) is 0 Å². The average molecular weight is 490 g/mol. The van der Waals surface area contributed by atoms with E-state index in [2.05, 4.69) is 4.98 Å². The highest BCUT2D eigenvalue weighted by Gasteiger charge is 2.36. The molecule has 0 radical (unpaired) electrons. The van der Waals surface area contributed by atoms with Gasteiger partial charge in [-0.2, -0.15) is 0 Å². The summed E-state index contributed by atoms with van der Waals surface area (Å²) in [6.45, 7) is 5.03. The number of hydrogen-bond acceptors (Lipinski definition) is 6. The third-order valence-electron chi connectivity index (χ3n) is 6.85. The Bertz CT molecular complexity index is 1550. The molecule has 6 rings (SSSR count). The lowest BCUT2D eigenvalue weighted by Crippen LogP contribution is -2.35. The standard InChI is InChI=1S/C26H27N5O3S/c1-14(2)13-31-22-21(23(32)29-26(31)34)16(12-18(27-22)15-9-10-15)25(33)30-11-5-7-19(30)24-28-17-6-3-4-8-20(17)35-24/h3-4,6,8,12,14-15,19H,5,7,9-11,13H2,1-2H3,(H,29,32,34). The number of para-hydroxylation sites is 1. The Morgan fingerprint density at radius 1 is 1.17 bits per heavy atom. The second-order valence-corrected chi connectivity index (χ2v) is 11.1. The predicted molar refractivity (Wildman–Crippen MR) is 136 cm³/mol. The van der Waals surface area contributed by atoms with Gasteiger partial charge < -0.3 is 4.90 Å². The summed E-state index contributed by atoms with van der Waals surface area (Å²) in [5, 5.41) is 1.12. The van der Waals surface area contributed by atoms with E-state index in [0.29, 0.717) is 24.3 Å². The Kier molecular flexibility index (Phi) is 5.32. The second kappa shape index (κ2) is 8.41. The molecule has 1 saturated heterocycles. The number of carbonyl (C=O) groups excluding carboxylic acids is 1. The number of nitrogens with one attached hydrogen (secondary N) is 1. The van der Waals surface area contributed by atoms with E-state index in [1.165, 1.54) is 4.57 Å². The van der Waals surface area contributed by atoms with Crippen LogP contribution in [0.3, 0.4) is 0 Å². The first-order valence-corrected chi connectivity index (χ1v) is 13.1. The first kappa shape index (κ1) is 22.2. The summed E-state index contributed by atoms with van der Waals surface area (Å²) < 4.78 is 2.61. The van der Waals surface area contributed by atoms with Gasteiger partial charge in [0.25, 0.3) is 11.5 Å². The number of aromatic nitrogens is 4. The van der Waals surface area contributed by atoms with Crippen LogP contribution >= 0.6 is 11.3 Å². The minimum Gasteiger partial charge on any atom is -0.329 e. The number of benzene rings is 1.